The van der Waals surface area contributed by atoms with Crippen molar-refractivity contribution in [1.82, 2.24) is 0 Å². The van der Waals surface area contributed by atoms with Gasteiger partial charge in [0.25, 0.3) is 0 Å². The fourth-order valence-electron chi connectivity index (χ4n) is 2.26. The molecule has 0 radical (unpaired) electrons. The zero-order valence-electron chi connectivity index (χ0n) is 17.0. The summed E-state index contributed by atoms with van der Waals surface area (Å²) in [6.45, 7) is 12.8. The summed E-state index contributed by atoms with van der Waals surface area (Å²) in [6, 6.07) is 0. The molecular weight excluding hydrogens is 320 g/mol. The van der Waals surface area contributed by atoms with E-state index in [2.05, 4.69) is 27.7 Å². The van der Waals surface area contributed by atoms with Crippen LogP contribution in [0.15, 0.2) is 0 Å². The Morgan fingerprint density at radius 3 is 1.76 bits per heavy atom. The molecule has 0 heterocycles. The molecular formula is C20H38O5. The second kappa shape index (κ2) is 14.1. The van der Waals surface area contributed by atoms with E-state index in [4.69, 9.17) is 14.2 Å². The van der Waals surface area contributed by atoms with Gasteiger partial charge in [0, 0.05) is 12.8 Å². The number of ether oxygens (including phenoxy) is 3. The predicted octanol–water partition coefficient (Wildman–Crippen LogP) is 4.52. The third-order valence-corrected chi connectivity index (χ3v) is 3.75. The van der Waals surface area contributed by atoms with Crippen LogP contribution in [0.25, 0.3) is 0 Å². The van der Waals surface area contributed by atoms with Gasteiger partial charge in [0.15, 0.2) is 0 Å². The summed E-state index contributed by atoms with van der Waals surface area (Å²) in [5.74, 6) is 0.842. The molecule has 0 aromatic heterocycles. The molecule has 5 heteroatoms. The van der Waals surface area contributed by atoms with Crippen LogP contribution in [0, 0.1) is 11.8 Å². The zero-order chi connectivity index (χ0) is 19.2. The molecule has 25 heavy (non-hydrogen) atoms. The highest BCUT2D eigenvalue weighted by atomic mass is 16.6. The maximum Gasteiger partial charge on any atom is 0.306 e. The molecule has 5 nitrogen and oxygen atoms in total. The number of rotatable bonds is 14. The van der Waals surface area contributed by atoms with Crippen molar-refractivity contribution in [2.45, 2.75) is 92.3 Å². The largest absolute Gasteiger partial charge is 0.463 e. The number of esters is 2. The molecule has 0 rings (SSSR count). The molecule has 0 saturated carbocycles. The second-order valence-electron chi connectivity index (χ2n) is 7.70. The van der Waals surface area contributed by atoms with Gasteiger partial charge < -0.3 is 14.2 Å². The van der Waals surface area contributed by atoms with Crippen LogP contribution in [-0.4, -0.2) is 37.4 Å². The molecule has 2 atom stereocenters. The van der Waals surface area contributed by atoms with Gasteiger partial charge in [-0.05, 0) is 38.5 Å². The first kappa shape index (κ1) is 23.9. The normalized spacial score (nSPS) is 13.8. The number of carbonyl (C=O) groups is 2. The van der Waals surface area contributed by atoms with Gasteiger partial charge in [-0.1, -0.05) is 40.5 Å². The molecule has 0 aliphatic rings. The van der Waals surface area contributed by atoms with Crippen LogP contribution in [0.2, 0.25) is 0 Å². The van der Waals surface area contributed by atoms with E-state index in [9.17, 15) is 9.59 Å². The molecule has 0 N–H and O–H groups in total. The Hall–Kier alpha value is -1.10. The van der Waals surface area contributed by atoms with E-state index in [0.29, 0.717) is 31.3 Å². The van der Waals surface area contributed by atoms with Crippen LogP contribution >= 0.6 is 0 Å². The third kappa shape index (κ3) is 16.1. The first-order chi connectivity index (χ1) is 11.7. The van der Waals surface area contributed by atoms with Crippen LogP contribution in [0.3, 0.4) is 0 Å². The zero-order valence-corrected chi connectivity index (χ0v) is 17.0. The van der Waals surface area contributed by atoms with Gasteiger partial charge in [0.05, 0.1) is 12.7 Å². The van der Waals surface area contributed by atoms with Crippen molar-refractivity contribution in [2.75, 3.05) is 13.2 Å². The van der Waals surface area contributed by atoms with Crippen molar-refractivity contribution in [1.29, 1.82) is 0 Å². The third-order valence-electron chi connectivity index (χ3n) is 3.75. The standard InChI is InChI=1S/C20H38O5/c1-15(2)9-7-11-19(21)24-13-17(5)23-14-18(6)25-20(22)12-8-10-16(3)4/h15-18H,7-14H2,1-6H3. The Kier molecular flexibility index (Phi) is 13.5. The van der Waals surface area contributed by atoms with E-state index in [1.54, 1.807) is 0 Å². The lowest BCUT2D eigenvalue weighted by Gasteiger charge is -2.18. The molecule has 0 fully saturated rings. The maximum absolute atomic E-state index is 11.7. The molecule has 0 bridgehead atoms. The van der Waals surface area contributed by atoms with E-state index in [0.717, 1.165) is 25.7 Å². The van der Waals surface area contributed by atoms with E-state index in [1.807, 2.05) is 13.8 Å². The van der Waals surface area contributed by atoms with Gasteiger partial charge >= 0.3 is 11.9 Å². The average molecular weight is 359 g/mol. The highest BCUT2D eigenvalue weighted by molar-refractivity contribution is 5.69. The Bertz CT molecular complexity index is 365. The highest BCUT2D eigenvalue weighted by Gasteiger charge is 2.13. The summed E-state index contributed by atoms with van der Waals surface area (Å²) in [6.07, 6.45) is 4.16. The lowest BCUT2D eigenvalue weighted by Crippen LogP contribution is -2.26. The van der Waals surface area contributed by atoms with Crippen molar-refractivity contribution >= 4 is 11.9 Å². The van der Waals surface area contributed by atoms with Crippen molar-refractivity contribution < 1.29 is 23.8 Å². The summed E-state index contributed by atoms with van der Waals surface area (Å²) < 4.78 is 16.1. The highest BCUT2D eigenvalue weighted by Crippen LogP contribution is 2.09. The molecule has 0 aromatic rings. The summed E-state index contributed by atoms with van der Waals surface area (Å²) in [4.78, 5) is 23.3. The molecule has 0 saturated heterocycles. The Morgan fingerprint density at radius 1 is 0.720 bits per heavy atom. The Morgan fingerprint density at radius 2 is 1.24 bits per heavy atom. The molecule has 0 spiro atoms. The van der Waals surface area contributed by atoms with E-state index < -0.39 is 0 Å². The second-order valence-corrected chi connectivity index (χ2v) is 7.70. The molecule has 0 aliphatic heterocycles. The monoisotopic (exact) mass is 358 g/mol. The topological polar surface area (TPSA) is 61.8 Å². The number of hydrogen-bond acceptors (Lipinski definition) is 5. The van der Waals surface area contributed by atoms with Crippen LogP contribution in [-0.2, 0) is 23.8 Å². The summed E-state index contributed by atoms with van der Waals surface area (Å²) >= 11 is 0. The number of hydrogen-bond donors (Lipinski definition) is 0. The molecule has 148 valence electrons. The fourth-order valence-corrected chi connectivity index (χ4v) is 2.26. The smallest absolute Gasteiger partial charge is 0.306 e. The van der Waals surface area contributed by atoms with Crippen molar-refractivity contribution in [3.8, 4) is 0 Å². The minimum atomic E-state index is -0.296. The first-order valence-corrected chi connectivity index (χ1v) is 9.67. The van der Waals surface area contributed by atoms with Crippen molar-refractivity contribution in [3.05, 3.63) is 0 Å². The van der Waals surface area contributed by atoms with Crippen molar-refractivity contribution in [2.24, 2.45) is 11.8 Å². The minimum absolute atomic E-state index is 0.180. The van der Waals surface area contributed by atoms with Gasteiger partial charge in [-0.3, -0.25) is 9.59 Å². The van der Waals surface area contributed by atoms with Crippen LogP contribution in [0.5, 0.6) is 0 Å². The van der Waals surface area contributed by atoms with Gasteiger partial charge in [0.2, 0.25) is 0 Å². The van der Waals surface area contributed by atoms with Gasteiger partial charge in [-0.2, -0.15) is 0 Å². The fraction of sp³-hybridized carbons (Fsp3) is 0.900. The van der Waals surface area contributed by atoms with Gasteiger partial charge in [-0.15, -0.1) is 0 Å². The Balaban J connectivity index is 3.73. The SMILES string of the molecule is CC(C)CCCC(=O)OCC(C)OCC(C)OC(=O)CCCC(C)C. The molecule has 0 aliphatic carbocycles. The quantitative estimate of drug-likeness (QED) is 0.427. The molecule has 2 unspecified atom stereocenters. The van der Waals surface area contributed by atoms with Crippen LogP contribution < -0.4 is 0 Å². The summed E-state index contributed by atoms with van der Waals surface area (Å²) in [5.41, 5.74) is 0. The lowest BCUT2D eigenvalue weighted by atomic mass is 10.1. The molecule has 0 amide bonds. The summed E-state index contributed by atoms with van der Waals surface area (Å²) in [7, 11) is 0. The molecule has 0 aromatic carbocycles. The van der Waals surface area contributed by atoms with Gasteiger partial charge in [0.1, 0.15) is 12.7 Å². The van der Waals surface area contributed by atoms with Crippen LogP contribution in [0.1, 0.15) is 80.1 Å². The Labute approximate surface area is 153 Å². The number of carbonyl (C=O) groups excluding carboxylic acids is 2. The van der Waals surface area contributed by atoms with Gasteiger partial charge in [-0.25, -0.2) is 0 Å². The van der Waals surface area contributed by atoms with E-state index >= 15 is 0 Å². The first-order valence-electron chi connectivity index (χ1n) is 9.67. The summed E-state index contributed by atoms with van der Waals surface area (Å²) in [5, 5.41) is 0. The van der Waals surface area contributed by atoms with E-state index in [1.165, 1.54) is 0 Å². The van der Waals surface area contributed by atoms with Crippen molar-refractivity contribution in [3.63, 3.8) is 0 Å². The van der Waals surface area contributed by atoms with E-state index in [-0.39, 0.29) is 30.8 Å². The predicted molar refractivity (Wildman–Crippen MR) is 99.3 cm³/mol. The minimum Gasteiger partial charge on any atom is -0.463 e. The van der Waals surface area contributed by atoms with Crippen LogP contribution in [0.4, 0.5) is 0 Å². The average Bonchev–Trinajstić information content (AvgIpc) is 2.50. The lowest BCUT2D eigenvalue weighted by molar-refractivity contribution is -0.154. The maximum atomic E-state index is 11.7.